The SMILES string of the molecule is CNc1nc(COCC(F)(F)C(F)F)nc(C)c1C. The average Bonchev–Trinajstić information content (AvgIpc) is 2.33. The van der Waals surface area contributed by atoms with E-state index in [1.54, 1.807) is 20.9 Å². The largest absolute Gasteiger partial charge is 0.373 e. The van der Waals surface area contributed by atoms with Crippen LogP contribution in [0.4, 0.5) is 23.4 Å². The fourth-order valence-corrected chi connectivity index (χ4v) is 1.34. The van der Waals surface area contributed by atoms with E-state index in [-0.39, 0.29) is 12.4 Å². The van der Waals surface area contributed by atoms with Gasteiger partial charge < -0.3 is 10.1 Å². The number of rotatable bonds is 6. The summed E-state index contributed by atoms with van der Waals surface area (Å²) in [6.45, 7) is 1.82. The Morgan fingerprint density at radius 3 is 2.42 bits per heavy atom. The average molecular weight is 281 g/mol. The summed E-state index contributed by atoms with van der Waals surface area (Å²) in [4.78, 5) is 8.07. The first-order valence-corrected chi connectivity index (χ1v) is 5.53. The molecule has 1 heterocycles. The van der Waals surface area contributed by atoms with E-state index in [2.05, 4.69) is 20.0 Å². The third-order valence-electron chi connectivity index (χ3n) is 2.52. The molecule has 0 radical (unpaired) electrons. The number of ether oxygens (including phenoxy) is 1. The van der Waals surface area contributed by atoms with E-state index in [1.165, 1.54) is 0 Å². The van der Waals surface area contributed by atoms with E-state index in [9.17, 15) is 17.6 Å². The minimum atomic E-state index is -4.16. The quantitative estimate of drug-likeness (QED) is 0.814. The molecule has 19 heavy (non-hydrogen) atoms. The Kier molecular flexibility index (Phi) is 5.04. The maximum Gasteiger partial charge on any atom is 0.330 e. The first-order valence-electron chi connectivity index (χ1n) is 5.53. The van der Waals surface area contributed by atoms with Crippen molar-refractivity contribution in [2.75, 3.05) is 19.0 Å². The highest BCUT2D eigenvalue weighted by Crippen LogP contribution is 2.23. The minimum absolute atomic E-state index is 0.164. The molecule has 1 rings (SSSR count). The molecule has 0 unspecified atom stereocenters. The van der Waals surface area contributed by atoms with Crippen LogP contribution in [0, 0.1) is 13.8 Å². The van der Waals surface area contributed by atoms with Crippen molar-refractivity contribution in [1.29, 1.82) is 0 Å². The van der Waals surface area contributed by atoms with E-state index >= 15 is 0 Å². The van der Waals surface area contributed by atoms with Gasteiger partial charge in [0.1, 0.15) is 19.0 Å². The van der Waals surface area contributed by atoms with Gasteiger partial charge in [-0.25, -0.2) is 18.7 Å². The standard InChI is InChI=1S/C11H15F4N3O/c1-6-7(2)17-8(18-9(6)16-3)4-19-5-11(14,15)10(12)13/h10H,4-5H2,1-3H3,(H,16,17,18). The van der Waals surface area contributed by atoms with Crippen LogP contribution in [-0.4, -0.2) is 36.0 Å². The molecule has 1 aromatic rings. The summed E-state index contributed by atoms with van der Waals surface area (Å²) in [5, 5.41) is 2.83. The van der Waals surface area contributed by atoms with E-state index < -0.39 is 19.0 Å². The number of nitrogens with zero attached hydrogens (tertiary/aromatic N) is 2. The maximum absolute atomic E-state index is 12.6. The number of hydrogen-bond acceptors (Lipinski definition) is 4. The van der Waals surface area contributed by atoms with Crippen LogP contribution in [0.1, 0.15) is 17.1 Å². The molecule has 0 aromatic carbocycles. The topological polar surface area (TPSA) is 47.0 Å². The summed E-state index contributed by atoms with van der Waals surface area (Å²) in [5.41, 5.74) is 1.49. The van der Waals surface area contributed by atoms with Gasteiger partial charge in [-0.15, -0.1) is 0 Å². The Bertz CT molecular complexity index is 440. The molecular weight excluding hydrogens is 266 g/mol. The first-order chi connectivity index (χ1) is 8.77. The molecule has 0 aliphatic rings. The third kappa shape index (κ3) is 4.02. The van der Waals surface area contributed by atoms with Crippen LogP contribution >= 0.6 is 0 Å². The van der Waals surface area contributed by atoms with Gasteiger partial charge in [0.25, 0.3) is 0 Å². The molecule has 0 saturated heterocycles. The third-order valence-corrected chi connectivity index (χ3v) is 2.52. The lowest BCUT2D eigenvalue weighted by Gasteiger charge is -2.15. The van der Waals surface area contributed by atoms with Gasteiger partial charge in [0.05, 0.1) is 0 Å². The Hall–Kier alpha value is -1.44. The van der Waals surface area contributed by atoms with Crippen LogP contribution in [0.2, 0.25) is 0 Å². The highest BCUT2D eigenvalue weighted by atomic mass is 19.3. The second-order valence-corrected chi connectivity index (χ2v) is 4.00. The van der Waals surface area contributed by atoms with Gasteiger partial charge >= 0.3 is 12.3 Å². The number of hydrogen-bond donors (Lipinski definition) is 1. The Balaban J connectivity index is 2.67. The highest BCUT2D eigenvalue weighted by molar-refractivity contribution is 5.44. The summed E-state index contributed by atoms with van der Waals surface area (Å²) in [6, 6.07) is 0. The molecule has 1 aromatic heterocycles. The molecule has 0 saturated carbocycles. The molecule has 8 heteroatoms. The van der Waals surface area contributed by atoms with Crippen molar-refractivity contribution in [2.24, 2.45) is 0 Å². The summed E-state index contributed by atoms with van der Waals surface area (Å²) in [6.07, 6.45) is -3.75. The zero-order chi connectivity index (χ0) is 14.6. The van der Waals surface area contributed by atoms with E-state index in [0.717, 1.165) is 5.56 Å². The zero-order valence-electron chi connectivity index (χ0n) is 10.8. The Morgan fingerprint density at radius 2 is 1.89 bits per heavy atom. The van der Waals surface area contributed by atoms with Crippen molar-refractivity contribution in [1.82, 2.24) is 9.97 Å². The van der Waals surface area contributed by atoms with Crippen molar-refractivity contribution in [2.45, 2.75) is 32.8 Å². The molecular formula is C11H15F4N3O. The van der Waals surface area contributed by atoms with Gasteiger partial charge in [0.2, 0.25) is 0 Å². The summed E-state index contributed by atoms with van der Waals surface area (Å²) < 4.78 is 53.6. The molecule has 0 atom stereocenters. The lowest BCUT2D eigenvalue weighted by molar-refractivity contribution is -0.168. The molecule has 0 aliphatic heterocycles. The van der Waals surface area contributed by atoms with Crippen LogP contribution < -0.4 is 5.32 Å². The van der Waals surface area contributed by atoms with Gasteiger partial charge in [-0.2, -0.15) is 8.78 Å². The summed E-state index contributed by atoms with van der Waals surface area (Å²) >= 11 is 0. The smallest absolute Gasteiger partial charge is 0.330 e. The van der Waals surface area contributed by atoms with Crippen LogP contribution in [0.5, 0.6) is 0 Å². The van der Waals surface area contributed by atoms with Gasteiger partial charge in [0.15, 0.2) is 5.82 Å². The Morgan fingerprint density at radius 1 is 1.26 bits per heavy atom. The Labute approximate surface area is 108 Å². The minimum Gasteiger partial charge on any atom is -0.373 e. The number of aromatic nitrogens is 2. The van der Waals surface area contributed by atoms with E-state index in [1.807, 2.05) is 0 Å². The molecule has 4 nitrogen and oxygen atoms in total. The predicted octanol–water partition coefficient (Wildman–Crippen LogP) is 2.55. The van der Waals surface area contributed by atoms with Crippen LogP contribution in [-0.2, 0) is 11.3 Å². The monoisotopic (exact) mass is 281 g/mol. The van der Waals surface area contributed by atoms with Crippen LogP contribution in [0.3, 0.4) is 0 Å². The van der Waals surface area contributed by atoms with Crippen molar-refractivity contribution >= 4 is 5.82 Å². The zero-order valence-corrected chi connectivity index (χ0v) is 10.8. The number of halogens is 4. The molecule has 0 amide bonds. The van der Waals surface area contributed by atoms with Gasteiger partial charge in [-0.3, -0.25) is 0 Å². The van der Waals surface area contributed by atoms with Crippen LogP contribution in [0.15, 0.2) is 0 Å². The number of nitrogens with one attached hydrogen (secondary N) is 1. The van der Waals surface area contributed by atoms with E-state index in [4.69, 9.17) is 0 Å². The maximum atomic E-state index is 12.6. The highest BCUT2D eigenvalue weighted by Gasteiger charge is 2.41. The molecule has 0 aliphatic carbocycles. The fraction of sp³-hybridized carbons (Fsp3) is 0.636. The van der Waals surface area contributed by atoms with Gasteiger partial charge in [0, 0.05) is 18.3 Å². The van der Waals surface area contributed by atoms with Gasteiger partial charge in [-0.1, -0.05) is 0 Å². The molecule has 0 fully saturated rings. The second kappa shape index (κ2) is 6.14. The first kappa shape index (κ1) is 15.6. The molecule has 0 bridgehead atoms. The fourth-order valence-electron chi connectivity index (χ4n) is 1.34. The van der Waals surface area contributed by atoms with E-state index in [0.29, 0.717) is 11.5 Å². The molecule has 0 spiro atoms. The van der Waals surface area contributed by atoms with Crippen molar-refractivity contribution in [3.8, 4) is 0 Å². The molecule has 108 valence electrons. The number of aryl methyl sites for hydroxylation is 1. The lowest BCUT2D eigenvalue weighted by atomic mass is 10.2. The lowest BCUT2D eigenvalue weighted by Crippen LogP contribution is -2.32. The van der Waals surface area contributed by atoms with Crippen molar-refractivity contribution in [3.63, 3.8) is 0 Å². The number of anilines is 1. The second-order valence-electron chi connectivity index (χ2n) is 4.00. The summed E-state index contributed by atoms with van der Waals surface area (Å²) in [7, 11) is 1.66. The predicted molar refractivity (Wildman–Crippen MR) is 61.7 cm³/mol. The van der Waals surface area contributed by atoms with Gasteiger partial charge in [-0.05, 0) is 13.8 Å². The number of alkyl halides is 4. The summed E-state index contributed by atoms with van der Waals surface area (Å²) in [5.74, 6) is -3.45. The van der Waals surface area contributed by atoms with Crippen molar-refractivity contribution in [3.05, 3.63) is 17.1 Å². The van der Waals surface area contributed by atoms with Crippen LogP contribution in [0.25, 0.3) is 0 Å². The normalized spacial score (nSPS) is 12.0. The van der Waals surface area contributed by atoms with Crippen molar-refractivity contribution < 1.29 is 22.3 Å². The molecule has 1 N–H and O–H groups in total.